The minimum Gasteiger partial charge on any atom is -0.507 e. The second kappa shape index (κ2) is 7.01. The molecule has 0 amide bonds. The van der Waals surface area contributed by atoms with Gasteiger partial charge in [-0.15, -0.1) is 0 Å². The van der Waals surface area contributed by atoms with Gasteiger partial charge in [-0.25, -0.2) is 0 Å². The van der Waals surface area contributed by atoms with Crippen molar-refractivity contribution in [2.75, 3.05) is 0 Å². The van der Waals surface area contributed by atoms with Crippen molar-refractivity contribution in [3.05, 3.63) is 78.1 Å². The lowest BCUT2D eigenvalue weighted by atomic mass is 9.96. The molecule has 1 aromatic carbocycles. The Balaban J connectivity index is 2.86. The summed E-state index contributed by atoms with van der Waals surface area (Å²) in [6.07, 6.45) is 13.0. The average molecular weight is 306 g/mol. The van der Waals surface area contributed by atoms with Gasteiger partial charge in [0.15, 0.2) is 0 Å². The fourth-order valence-corrected chi connectivity index (χ4v) is 2.63. The number of phenolic OH excluding ortho intramolecular Hbond substituents is 1. The molecule has 1 N–H and O–H groups in total. The summed E-state index contributed by atoms with van der Waals surface area (Å²) in [7, 11) is 0. The first-order valence-electron chi connectivity index (χ1n) is 7.55. The zero-order valence-corrected chi connectivity index (χ0v) is 13.9. The maximum absolute atomic E-state index is 10.6. The van der Waals surface area contributed by atoms with Crippen LogP contribution in [-0.4, -0.2) is 5.11 Å². The molecule has 2 rings (SSSR count). The third-order valence-corrected chi connectivity index (χ3v) is 3.78. The van der Waals surface area contributed by atoms with Gasteiger partial charge in [-0.2, -0.15) is 0 Å². The first-order valence-corrected chi connectivity index (χ1v) is 7.55. The lowest BCUT2D eigenvalue weighted by Crippen LogP contribution is -1.88. The van der Waals surface area contributed by atoms with Crippen LogP contribution in [0.2, 0.25) is 0 Å². The molecular formula is C21H22O2. The van der Waals surface area contributed by atoms with Gasteiger partial charge in [0.2, 0.25) is 0 Å². The lowest BCUT2D eigenvalue weighted by molar-refractivity contribution is 0.468. The number of benzene rings is 1. The van der Waals surface area contributed by atoms with E-state index in [9.17, 15) is 5.11 Å². The smallest absolute Gasteiger partial charge is 0.146 e. The Bertz CT molecular complexity index is 843. The van der Waals surface area contributed by atoms with E-state index >= 15 is 0 Å². The summed E-state index contributed by atoms with van der Waals surface area (Å²) in [4.78, 5) is 0. The number of aromatic hydroxyl groups is 1. The number of aryl methyl sites for hydroxylation is 2. The molecule has 2 heteroatoms. The number of hydrogen-bond acceptors (Lipinski definition) is 2. The Labute approximate surface area is 137 Å². The minimum atomic E-state index is 0.243. The SMILES string of the molecule is C=C/C=C\C(=C/C)c1c(O)c(C)cc2c(/C=C\C=C)c(C)oc12. The number of allylic oxidation sites excluding steroid dienone is 7. The number of furan rings is 1. The predicted molar refractivity (Wildman–Crippen MR) is 99.6 cm³/mol. The lowest BCUT2D eigenvalue weighted by Gasteiger charge is -2.09. The van der Waals surface area contributed by atoms with E-state index in [1.807, 2.05) is 57.2 Å². The van der Waals surface area contributed by atoms with Gasteiger partial charge in [0.1, 0.15) is 17.1 Å². The Hall–Kier alpha value is -2.74. The molecule has 118 valence electrons. The highest BCUT2D eigenvalue weighted by atomic mass is 16.3. The van der Waals surface area contributed by atoms with Gasteiger partial charge in [0.25, 0.3) is 0 Å². The van der Waals surface area contributed by atoms with E-state index in [-0.39, 0.29) is 5.75 Å². The third-order valence-electron chi connectivity index (χ3n) is 3.78. The fraction of sp³-hybridized carbons (Fsp3) is 0.143. The normalized spacial score (nSPS) is 12.6. The van der Waals surface area contributed by atoms with Crippen LogP contribution in [0.1, 0.15) is 29.4 Å². The molecule has 23 heavy (non-hydrogen) atoms. The topological polar surface area (TPSA) is 33.4 Å². The molecule has 0 saturated heterocycles. The van der Waals surface area contributed by atoms with E-state index < -0.39 is 0 Å². The molecule has 0 fully saturated rings. The summed E-state index contributed by atoms with van der Waals surface area (Å²) < 4.78 is 5.98. The zero-order chi connectivity index (χ0) is 17.0. The average Bonchev–Trinajstić information content (AvgIpc) is 2.84. The minimum absolute atomic E-state index is 0.243. The van der Waals surface area contributed by atoms with Crippen LogP contribution < -0.4 is 0 Å². The molecule has 0 bridgehead atoms. The second-order valence-electron chi connectivity index (χ2n) is 5.30. The van der Waals surface area contributed by atoms with Crippen LogP contribution in [0.4, 0.5) is 0 Å². The highest BCUT2D eigenvalue weighted by Gasteiger charge is 2.19. The molecule has 0 radical (unpaired) electrons. The largest absolute Gasteiger partial charge is 0.507 e. The van der Waals surface area contributed by atoms with Crippen molar-refractivity contribution in [2.24, 2.45) is 0 Å². The molecule has 0 atom stereocenters. The second-order valence-corrected chi connectivity index (χ2v) is 5.30. The van der Waals surface area contributed by atoms with E-state index in [1.54, 1.807) is 12.2 Å². The van der Waals surface area contributed by atoms with Crippen molar-refractivity contribution in [2.45, 2.75) is 20.8 Å². The summed E-state index contributed by atoms with van der Waals surface area (Å²) in [5.74, 6) is 1.06. The predicted octanol–water partition coefficient (Wildman–Crippen LogP) is 6.10. The molecule has 0 saturated carbocycles. The van der Waals surface area contributed by atoms with Crippen LogP contribution in [-0.2, 0) is 0 Å². The number of hydrogen-bond donors (Lipinski definition) is 1. The van der Waals surface area contributed by atoms with Crippen LogP contribution in [0.25, 0.3) is 22.6 Å². The van der Waals surface area contributed by atoms with Crippen molar-refractivity contribution >= 4 is 22.6 Å². The van der Waals surface area contributed by atoms with Gasteiger partial charge in [0, 0.05) is 10.9 Å². The maximum atomic E-state index is 10.6. The molecule has 2 aromatic rings. The van der Waals surface area contributed by atoms with Gasteiger partial charge in [-0.05, 0) is 38.0 Å². The third kappa shape index (κ3) is 3.07. The van der Waals surface area contributed by atoms with Crippen molar-refractivity contribution in [1.82, 2.24) is 0 Å². The van der Waals surface area contributed by atoms with Crippen molar-refractivity contribution < 1.29 is 9.52 Å². The first kappa shape index (κ1) is 16.6. The quantitative estimate of drug-likeness (QED) is 0.677. The Kier molecular flexibility index (Phi) is 5.07. The Morgan fingerprint density at radius 2 is 1.87 bits per heavy atom. The molecule has 1 heterocycles. The highest BCUT2D eigenvalue weighted by Crippen LogP contribution is 2.40. The summed E-state index contributed by atoms with van der Waals surface area (Å²) in [6, 6.07) is 1.96. The van der Waals surface area contributed by atoms with Crippen LogP contribution in [0.5, 0.6) is 5.75 Å². The maximum Gasteiger partial charge on any atom is 0.146 e. The van der Waals surface area contributed by atoms with Gasteiger partial charge in [0.05, 0.1) is 5.56 Å². The van der Waals surface area contributed by atoms with Crippen molar-refractivity contribution in [3.63, 3.8) is 0 Å². The van der Waals surface area contributed by atoms with Crippen LogP contribution in [0, 0.1) is 13.8 Å². The van der Waals surface area contributed by atoms with E-state index in [2.05, 4.69) is 13.2 Å². The standard InChI is InChI=1S/C21H22O2/c1-6-9-11-16(8-3)19-20(22)14(4)13-18-17(12-10-7-2)15(5)23-21(18)19/h6-13,22H,1-2H2,3-5H3/b11-9-,12-10-,16-8+. The van der Waals surface area contributed by atoms with E-state index in [0.717, 1.165) is 27.8 Å². The van der Waals surface area contributed by atoms with Crippen LogP contribution in [0.3, 0.4) is 0 Å². The molecule has 0 aliphatic carbocycles. The summed E-state index contributed by atoms with van der Waals surface area (Å²) in [5, 5.41) is 11.6. The zero-order valence-electron chi connectivity index (χ0n) is 13.9. The number of fused-ring (bicyclic) bond motifs is 1. The highest BCUT2D eigenvalue weighted by molar-refractivity contribution is 6.00. The van der Waals surface area contributed by atoms with Crippen molar-refractivity contribution in [3.8, 4) is 5.75 Å². The van der Waals surface area contributed by atoms with Crippen LogP contribution in [0.15, 0.2) is 60.1 Å². The Morgan fingerprint density at radius 3 is 2.48 bits per heavy atom. The van der Waals surface area contributed by atoms with Crippen LogP contribution >= 0.6 is 0 Å². The summed E-state index contributed by atoms with van der Waals surface area (Å²) in [6.45, 7) is 13.2. The van der Waals surface area contributed by atoms with E-state index in [1.165, 1.54) is 0 Å². The Morgan fingerprint density at radius 1 is 1.17 bits per heavy atom. The molecule has 0 spiro atoms. The molecule has 2 nitrogen and oxygen atoms in total. The molecule has 1 aromatic heterocycles. The van der Waals surface area contributed by atoms with E-state index in [0.29, 0.717) is 11.1 Å². The van der Waals surface area contributed by atoms with Gasteiger partial charge in [-0.1, -0.05) is 55.7 Å². The molecule has 0 aliphatic heterocycles. The summed E-state index contributed by atoms with van der Waals surface area (Å²) >= 11 is 0. The fourth-order valence-electron chi connectivity index (χ4n) is 2.63. The number of phenols is 1. The van der Waals surface area contributed by atoms with Gasteiger partial charge < -0.3 is 9.52 Å². The molecule has 0 unspecified atom stereocenters. The van der Waals surface area contributed by atoms with Gasteiger partial charge >= 0.3 is 0 Å². The van der Waals surface area contributed by atoms with E-state index in [4.69, 9.17) is 4.42 Å². The monoisotopic (exact) mass is 306 g/mol. The molecular weight excluding hydrogens is 284 g/mol. The van der Waals surface area contributed by atoms with Crippen molar-refractivity contribution in [1.29, 1.82) is 0 Å². The summed E-state index contributed by atoms with van der Waals surface area (Å²) in [5.41, 5.74) is 4.11. The van der Waals surface area contributed by atoms with Gasteiger partial charge in [-0.3, -0.25) is 0 Å². The number of rotatable bonds is 5. The first-order chi connectivity index (χ1) is 11.0. The molecule has 0 aliphatic rings.